The summed E-state index contributed by atoms with van der Waals surface area (Å²) in [5, 5.41) is 9.43. The zero-order valence-electron chi connectivity index (χ0n) is 17.5. The van der Waals surface area contributed by atoms with Gasteiger partial charge in [-0.1, -0.05) is 18.2 Å². The van der Waals surface area contributed by atoms with Gasteiger partial charge >= 0.3 is 5.97 Å². The van der Waals surface area contributed by atoms with Crippen LogP contribution in [0, 0.1) is 10.8 Å². The first-order valence-electron chi connectivity index (χ1n) is 10.9. The number of rotatable bonds is 8. The van der Waals surface area contributed by atoms with E-state index in [0.717, 1.165) is 62.4 Å². The van der Waals surface area contributed by atoms with Gasteiger partial charge in [-0.05, 0) is 73.6 Å². The molecule has 1 saturated carbocycles. The Balaban J connectivity index is 1.16. The fourth-order valence-electron chi connectivity index (χ4n) is 5.17. The first-order valence-corrected chi connectivity index (χ1v) is 10.9. The van der Waals surface area contributed by atoms with Gasteiger partial charge in [0.15, 0.2) is 0 Å². The highest BCUT2D eigenvalue weighted by Crippen LogP contribution is 2.51. The Hall–Kier alpha value is -2.53. The first-order chi connectivity index (χ1) is 14.5. The number of carboxylic acids is 1. The molecule has 2 aromatic carbocycles. The molecule has 0 radical (unpaired) electrons. The van der Waals surface area contributed by atoms with Crippen molar-refractivity contribution in [3.8, 4) is 11.5 Å². The van der Waals surface area contributed by atoms with Gasteiger partial charge in [0.2, 0.25) is 0 Å². The van der Waals surface area contributed by atoms with Crippen molar-refractivity contribution in [2.24, 2.45) is 10.8 Å². The molecule has 3 aliphatic rings. The van der Waals surface area contributed by atoms with E-state index < -0.39 is 11.4 Å². The Bertz CT molecular complexity index is 942. The second-order valence-corrected chi connectivity index (χ2v) is 9.38. The molecular formula is C25H29NO4. The zero-order chi connectivity index (χ0) is 20.8. The highest BCUT2D eigenvalue weighted by molar-refractivity contribution is 5.78. The number of hydrogen-bond donors (Lipinski definition) is 1. The monoisotopic (exact) mass is 407 g/mol. The summed E-state index contributed by atoms with van der Waals surface area (Å²) in [6.07, 6.45) is 3.83. The fraction of sp³-hybridized carbons (Fsp3) is 0.480. The molecular weight excluding hydrogens is 378 g/mol. The van der Waals surface area contributed by atoms with Gasteiger partial charge < -0.3 is 19.5 Å². The minimum atomic E-state index is -0.618. The van der Waals surface area contributed by atoms with Crippen molar-refractivity contribution >= 4 is 5.97 Å². The second kappa shape index (κ2) is 7.31. The highest BCUT2D eigenvalue weighted by atomic mass is 16.5. The summed E-state index contributed by atoms with van der Waals surface area (Å²) in [6.45, 7) is 5.94. The Morgan fingerprint density at radius 2 is 1.70 bits per heavy atom. The lowest BCUT2D eigenvalue weighted by molar-refractivity contribution is -0.145. The van der Waals surface area contributed by atoms with Crippen LogP contribution in [0.25, 0.3) is 0 Å². The molecule has 5 nitrogen and oxygen atoms in total. The Labute approximate surface area is 177 Å². The van der Waals surface area contributed by atoms with Crippen molar-refractivity contribution in [2.45, 2.75) is 39.2 Å². The number of fused-ring (bicyclic) bond motifs is 1. The van der Waals surface area contributed by atoms with E-state index in [9.17, 15) is 9.90 Å². The first kappa shape index (κ1) is 19.4. The standard InChI is InChI=1S/C25H29NO4/c1-2-29-21-6-3-18(4-7-21)14-30-22-8-5-19-12-24(13-20(19)11-22)15-26(16-24)17-25(9-10-25)23(27)28/h3-8,11H,2,9-10,12-17H2,1H3,(H,27,28). The highest BCUT2D eigenvalue weighted by Gasteiger charge is 2.55. The molecule has 1 N–H and O–H groups in total. The van der Waals surface area contributed by atoms with E-state index >= 15 is 0 Å². The summed E-state index contributed by atoms with van der Waals surface area (Å²) in [5.74, 6) is 1.18. The number of nitrogens with zero attached hydrogens (tertiary/aromatic N) is 1. The smallest absolute Gasteiger partial charge is 0.310 e. The molecule has 5 rings (SSSR count). The van der Waals surface area contributed by atoms with Crippen LogP contribution in [0.3, 0.4) is 0 Å². The lowest BCUT2D eigenvalue weighted by Crippen LogP contribution is -2.58. The van der Waals surface area contributed by atoms with Gasteiger partial charge in [-0.3, -0.25) is 4.79 Å². The number of likely N-dealkylation sites (tertiary alicyclic amines) is 1. The predicted molar refractivity (Wildman–Crippen MR) is 114 cm³/mol. The molecule has 0 amide bonds. The lowest BCUT2D eigenvalue weighted by Gasteiger charge is -2.49. The van der Waals surface area contributed by atoms with Gasteiger partial charge in [-0.15, -0.1) is 0 Å². The normalized spacial score (nSPS) is 20.4. The van der Waals surface area contributed by atoms with E-state index in [4.69, 9.17) is 9.47 Å². The van der Waals surface area contributed by atoms with Gasteiger partial charge in [0, 0.05) is 25.0 Å². The van der Waals surface area contributed by atoms with E-state index in [-0.39, 0.29) is 0 Å². The Morgan fingerprint density at radius 3 is 2.37 bits per heavy atom. The molecule has 158 valence electrons. The molecule has 30 heavy (non-hydrogen) atoms. The third-order valence-corrected chi connectivity index (χ3v) is 6.90. The molecule has 2 aromatic rings. The number of aliphatic carboxylic acids is 1. The number of ether oxygens (including phenoxy) is 2. The summed E-state index contributed by atoms with van der Waals surface area (Å²) in [6, 6.07) is 14.5. The van der Waals surface area contributed by atoms with Crippen LogP contribution < -0.4 is 9.47 Å². The van der Waals surface area contributed by atoms with E-state index in [2.05, 4.69) is 23.1 Å². The van der Waals surface area contributed by atoms with Gasteiger partial charge in [-0.2, -0.15) is 0 Å². The molecule has 0 bridgehead atoms. The summed E-state index contributed by atoms with van der Waals surface area (Å²) < 4.78 is 11.5. The molecule has 1 heterocycles. The molecule has 1 aliphatic heterocycles. The third-order valence-electron chi connectivity index (χ3n) is 6.90. The largest absolute Gasteiger partial charge is 0.494 e. The maximum absolute atomic E-state index is 11.5. The lowest BCUT2D eigenvalue weighted by atomic mass is 9.76. The summed E-state index contributed by atoms with van der Waals surface area (Å²) in [4.78, 5) is 13.8. The zero-order valence-corrected chi connectivity index (χ0v) is 17.5. The number of carboxylic acid groups (broad SMARTS) is 1. The number of hydrogen-bond acceptors (Lipinski definition) is 4. The van der Waals surface area contributed by atoms with Crippen LogP contribution in [-0.4, -0.2) is 42.2 Å². The number of benzene rings is 2. The quantitative estimate of drug-likeness (QED) is 0.719. The van der Waals surface area contributed by atoms with Crippen LogP contribution in [0.15, 0.2) is 42.5 Å². The van der Waals surface area contributed by atoms with Gasteiger partial charge in [0.1, 0.15) is 18.1 Å². The van der Waals surface area contributed by atoms with Crippen molar-refractivity contribution in [1.29, 1.82) is 0 Å². The van der Waals surface area contributed by atoms with Crippen LogP contribution in [-0.2, 0) is 24.2 Å². The molecule has 1 saturated heterocycles. The molecule has 0 unspecified atom stereocenters. The SMILES string of the molecule is CCOc1ccc(COc2ccc3c(c2)CC2(C3)CN(CC3(C(=O)O)CC3)C2)cc1. The third kappa shape index (κ3) is 3.67. The molecule has 5 heteroatoms. The van der Waals surface area contributed by atoms with Crippen molar-refractivity contribution in [3.05, 3.63) is 59.2 Å². The van der Waals surface area contributed by atoms with Crippen LogP contribution in [0.4, 0.5) is 0 Å². The average Bonchev–Trinajstić information content (AvgIpc) is 3.39. The van der Waals surface area contributed by atoms with Crippen LogP contribution in [0.1, 0.15) is 36.5 Å². The van der Waals surface area contributed by atoms with Crippen molar-refractivity contribution in [2.75, 3.05) is 26.2 Å². The van der Waals surface area contributed by atoms with E-state index in [0.29, 0.717) is 18.6 Å². The van der Waals surface area contributed by atoms with E-state index in [1.54, 1.807) is 0 Å². The van der Waals surface area contributed by atoms with Crippen molar-refractivity contribution < 1.29 is 19.4 Å². The molecule has 1 spiro atoms. The van der Waals surface area contributed by atoms with Gasteiger partial charge in [0.25, 0.3) is 0 Å². The Morgan fingerprint density at radius 1 is 1.00 bits per heavy atom. The predicted octanol–water partition coefficient (Wildman–Crippen LogP) is 3.93. The summed E-state index contributed by atoms with van der Waals surface area (Å²) in [5.41, 5.74) is 3.78. The van der Waals surface area contributed by atoms with Crippen LogP contribution in [0.2, 0.25) is 0 Å². The molecule has 0 aromatic heterocycles. The van der Waals surface area contributed by atoms with Gasteiger partial charge in [-0.25, -0.2) is 0 Å². The minimum Gasteiger partial charge on any atom is -0.494 e. The second-order valence-electron chi connectivity index (χ2n) is 9.38. The van der Waals surface area contributed by atoms with E-state index in [1.165, 1.54) is 11.1 Å². The molecule has 2 fully saturated rings. The van der Waals surface area contributed by atoms with E-state index in [1.807, 2.05) is 31.2 Å². The van der Waals surface area contributed by atoms with Crippen molar-refractivity contribution in [1.82, 2.24) is 4.90 Å². The molecule has 2 aliphatic carbocycles. The maximum atomic E-state index is 11.5. The topological polar surface area (TPSA) is 59.0 Å². The number of carbonyl (C=O) groups is 1. The van der Waals surface area contributed by atoms with Gasteiger partial charge in [0.05, 0.1) is 12.0 Å². The van der Waals surface area contributed by atoms with Crippen LogP contribution in [0.5, 0.6) is 11.5 Å². The summed E-state index contributed by atoms with van der Waals surface area (Å²) >= 11 is 0. The fourth-order valence-corrected chi connectivity index (χ4v) is 5.17. The average molecular weight is 408 g/mol. The maximum Gasteiger partial charge on any atom is 0.310 e. The summed E-state index contributed by atoms with van der Waals surface area (Å²) in [7, 11) is 0. The molecule has 0 atom stereocenters. The minimum absolute atomic E-state index is 0.296. The van der Waals surface area contributed by atoms with Crippen molar-refractivity contribution in [3.63, 3.8) is 0 Å². The van der Waals surface area contributed by atoms with Crippen LogP contribution >= 0.6 is 0 Å². The Kier molecular flexibility index (Phi) is 4.73.